The Kier molecular flexibility index (Phi) is 4.11. The quantitative estimate of drug-likeness (QED) is 0.849. The van der Waals surface area contributed by atoms with E-state index in [1.165, 1.54) is 4.57 Å². The van der Waals surface area contributed by atoms with E-state index in [1.807, 2.05) is 0 Å². The van der Waals surface area contributed by atoms with Crippen LogP contribution < -0.4 is 11.1 Å². The minimum Gasteiger partial charge on any atom is -0.480 e. The third kappa shape index (κ3) is 3.13. The molecule has 2 rings (SSSR count). The molecule has 0 radical (unpaired) electrons. The van der Waals surface area contributed by atoms with Crippen LogP contribution in [0, 0.1) is 5.92 Å². The molecule has 0 bridgehead atoms. The molecule has 0 spiro atoms. The third-order valence-electron chi connectivity index (χ3n) is 3.12. The molecule has 0 fully saturated rings. The summed E-state index contributed by atoms with van der Waals surface area (Å²) in [7, 11) is 0. The topological polar surface area (TPSA) is 102 Å². The first-order valence-electron chi connectivity index (χ1n) is 6.50. The van der Waals surface area contributed by atoms with E-state index in [0.29, 0.717) is 11.1 Å². The summed E-state index contributed by atoms with van der Waals surface area (Å²) >= 11 is 0. The van der Waals surface area contributed by atoms with Gasteiger partial charge in [0.2, 0.25) is 5.91 Å². The second kappa shape index (κ2) is 5.82. The molecule has 7 nitrogen and oxygen atoms in total. The number of amides is 1. The highest BCUT2D eigenvalue weighted by atomic mass is 16.4. The van der Waals surface area contributed by atoms with Gasteiger partial charge in [-0.05, 0) is 18.1 Å². The van der Waals surface area contributed by atoms with E-state index < -0.39 is 23.7 Å². The number of carboxylic acid groups (broad SMARTS) is 1. The lowest BCUT2D eigenvalue weighted by molar-refractivity contribution is -0.143. The van der Waals surface area contributed by atoms with Gasteiger partial charge in [0.15, 0.2) is 5.58 Å². The van der Waals surface area contributed by atoms with Crippen LogP contribution in [0.1, 0.15) is 13.8 Å². The van der Waals surface area contributed by atoms with Crippen molar-refractivity contribution in [2.75, 3.05) is 0 Å². The normalized spacial score (nSPS) is 12.5. The average Bonchev–Trinajstić information content (AvgIpc) is 2.72. The van der Waals surface area contributed by atoms with E-state index in [2.05, 4.69) is 5.32 Å². The highest BCUT2D eigenvalue weighted by Crippen LogP contribution is 2.11. The molecule has 0 unspecified atom stereocenters. The highest BCUT2D eigenvalue weighted by Gasteiger charge is 2.24. The van der Waals surface area contributed by atoms with Gasteiger partial charge in [0.05, 0.1) is 5.52 Å². The van der Waals surface area contributed by atoms with Gasteiger partial charge in [-0.2, -0.15) is 0 Å². The summed E-state index contributed by atoms with van der Waals surface area (Å²) in [4.78, 5) is 34.7. The number of aliphatic carboxylic acids is 1. The summed E-state index contributed by atoms with van der Waals surface area (Å²) in [5.74, 6) is -2.57. The molecule has 1 amide bonds. The van der Waals surface area contributed by atoms with Gasteiger partial charge in [0.1, 0.15) is 12.6 Å². The van der Waals surface area contributed by atoms with E-state index >= 15 is 0 Å². The van der Waals surface area contributed by atoms with Gasteiger partial charge in [0, 0.05) is 0 Å². The number of para-hydroxylation sites is 2. The molecule has 2 aromatic rings. The van der Waals surface area contributed by atoms with Crippen LogP contribution in [-0.2, 0) is 16.1 Å². The minimum absolute atomic E-state index is 0.260. The van der Waals surface area contributed by atoms with Crippen LogP contribution in [-0.4, -0.2) is 27.6 Å². The number of carboxylic acids is 1. The Labute approximate surface area is 120 Å². The number of carbonyl (C=O) groups excluding carboxylic acids is 1. The Morgan fingerprint density at radius 2 is 2.00 bits per heavy atom. The first kappa shape index (κ1) is 14.8. The van der Waals surface area contributed by atoms with Gasteiger partial charge in [-0.25, -0.2) is 9.59 Å². The number of rotatable bonds is 5. The van der Waals surface area contributed by atoms with Crippen molar-refractivity contribution in [1.82, 2.24) is 9.88 Å². The molecular weight excluding hydrogens is 276 g/mol. The Hall–Kier alpha value is -2.57. The van der Waals surface area contributed by atoms with Crippen molar-refractivity contribution in [3.8, 4) is 0 Å². The van der Waals surface area contributed by atoms with Crippen molar-refractivity contribution in [1.29, 1.82) is 0 Å². The third-order valence-corrected chi connectivity index (χ3v) is 3.12. The van der Waals surface area contributed by atoms with Gasteiger partial charge >= 0.3 is 11.7 Å². The Balaban J connectivity index is 2.20. The van der Waals surface area contributed by atoms with Gasteiger partial charge < -0.3 is 14.8 Å². The molecule has 0 saturated heterocycles. The van der Waals surface area contributed by atoms with E-state index in [9.17, 15) is 14.4 Å². The standard InChI is InChI=1S/C14H16N2O5/c1-8(2)12(13(18)19)15-11(17)7-16-9-5-3-4-6-10(9)21-14(16)20/h3-6,8,12H,7H2,1-2H3,(H,15,17)(H,18,19)/t12-/m0/s1. The maximum atomic E-state index is 11.9. The summed E-state index contributed by atoms with van der Waals surface area (Å²) in [5, 5.41) is 11.4. The zero-order valence-corrected chi connectivity index (χ0v) is 11.7. The van der Waals surface area contributed by atoms with Crippen LogP contribution in [0.25, 0.3) is 11.1 Å². The summed E-state index contributed by atoms with van der Waals surface area (Å²) < 4.78 is 6.18. The number of aromatic nitrogens is 1. The number of carbonyl (C=O) groups is 2. The molecule has 1 aromatic heterocycles. The lowest BCUT2D eigenvalue weighted by atomic mass is 10.1. The maximum absolute atomic E-state index is 11.9. The van der Waals surface area contributed by atoms with Gasteiger partial charge in [-0.3, -0.25) is 9.36 Å². The molecule has 7 heteroatoms. The van der Waals surface area contributed by atoms with Crippen LogP contribution in [0.4, 0.5) is 0 Å². The van der Waals surface area contributed by atoms with Gasteiger partial charge in [0.25, 0.3) is 0 Å². The molecule has 1 atom stereocenters. The maximum Gasteiger partial charge on any atom is 0.420 e. The molecule has 0 saturated carbocycles. The predicted molar refractivity (Wildman–Crippen MR) is 74.9 cm³/mol. The van der Waals surface area contributed by atoms with Crippen molar-refractivity contribution in [3.63, 3.8) is 0 Å². The average molecular weight is 292 g/mol. The van der Waals surface area contributed by atoms with Crippen LogP contribution >= 0.6 is 0 Å². The first-order chi connectivity index (χ1) is 9.90. The fourth-order valence-electron chi connectivity index (χ4n) is 2.04. The summed E-state index contributed by atoms with van der Waals surface area (Å²) in [6.45, 7) is 3.10. The molecular formula is C14H16N2O5. The Morgan fingerprint density at radius 1 is 1.33 bits per heavy atom. The van der Waals surface area contributed by atoms with Crippen LogP contribution in [0.5, 0.6) is 0 Å². The number of benzene rings is 1. The second-order valence-corrected chi connectivity index (χ2v) is 5.05. The number of nitrogens with one attached hydrogen (secondary N) is 1. The van der Waals surface area contributed by atoms with E-state index in [-0.39, 0.29) is 12.5 Å². The second-order valence-electron chi connectivity index (χ2n) is 5.05. The van der Waals surface area contributed by atoms with E-state index in [0.717, 1.165) is 0 Å². The largest absolute Gasteiger partial charge is 0.480 e. The van der Waals surface area contributed by atoms with Crippen molar-refractivity contribution < 1.29 is 19.1 Å². The van der Waals surface area contributed by atoms with Crippen LogP contribution in [0.3, 0.4) is 0 Å². The van der Waals surface area contributed by atoms with Gasteiger partial charge in [-0.1, -0.05) is 26.0 Å². The van der Waals surface area contributed by atoms with Crippen LogP contribution in [0.2, 0.25) is 0 Å². The number of hydrogen-bond acceptors (Lipinski definition) is 4. The molecule has 2 N–H and O–H groups in total. The number of hydrogen-bond donors (Lipinski definition) is 2. The van der Waals surface area contributed by atoms with E-state index in [1.54, 1.807) is 38.1 Å². The number of nitrogens with zero attached hydrogens (tertiary/aromatic N) is 1. The smallest absolute Gasteiger partial charge is 0.420 e. The zero-order chi connectivity index (χ0) is 15.6. The number of oxazole rings is 1. The molecule has 0 aliphatic rings. The fraction of sp³-hybridized carbons (Fsp3) is 0.357. The van der Waals surface area contributed by atoms with Crippen molar-refractivity contribution in [3.05, 3.63) is 34.8 Å². The van der Waals surface area contributed by atoms with Crippen LogP contribution in [0.15, 0.2) is 33.5 Å². The van der Waals surface area contributed by atoms with Crippen molar-refractivity contribution in [2.45, 2.75) is 26.4 Å². The molecule has 112 valence electrons. The minimum atomic E-state index is -1.11. The summed E-state index contributed by atoms with van der Waals surface area (Å²) in [6, 6.07) is 5.73. The Morgan fingerprint density at radius 3 is 2.62 bits per heavy atom. The highest BCUT2D eigenvalue weighted by molar-refractivity contribution is 5.84. The lowest BCUT2D eigenvalue weighted by Crippen LogP contribution is -2.46. The summed E-state index contributed by atoms with van der Waals surface area (Å²) in [6.07, 6.45) is 0. The monoisotopic (exact) mass is 292 g/mol. The summed E-state index contributed by atoms with van der Waals surface area (Å²) in [5.41, 5.74) is 0.878. The van der Waals surface area contributed by atoms with E-state index in [4.69, 9.17) is 9.52 Å². The first-order valence-corrected chi connectivity index (χ1v) is 6.50. The molecule has 0 aliphatic heterocycles. The molecule has 0 aliphatic carbocycles. The van der Waals surface area contributed by atoms with Gasteiger partial charge in [-0.15, -0.1) is 0 Å². The fourth-order valence-corrected chi connectivity index (χ4v) is 2.04. The molecule has 21 heavy (non-hydrogen) atoms. The molecule has 1 aromatic carbocycles. The molecule has 1 heterocycles. The Bertz CT molecular complexity index is 728. The lowest BCUT2D eigenvalue weighted by Gasteiger charge is -2.17. The predicted octanol–water partition coefficient (Wildman–Crippen LogP) is 0.820. The zero-order valence-electron chi connectivity index (χ0n) is 11.7. The number of fused-ring (bicyclic) bond motifs is 1. The van der Waals surface area contributed by atoms with Crippen molar-refractivity contribution in [2.24, 2.45) is 5.92 Å². The van der Waals surface area contributed by atoms with Crippen molar-refractivity contribution >= 4 is 23.0 Å². The SMILES string of the molecule is CC(C)[C@H](NC(=O)Cn1c(=O)oc2ccccc21)C(=O)O.